The average Bonchev–Trinajstić information content (AvgIpc) is 2.90. The minimum atomic E-state index is -2.43. The Kier molecular flexibility index (Phi) is 15.1. The van der Waals surface area contributed by atoms with Crippen molar-refractivity contribution in [3.8, 4) is 0 Å². The van der Waals surface area contributed by atoms with Crippen molar-refractivity contribution >= 4 is 29.0 Å². The number of carbonyl (C=O) groups is 2. The largest absolute Gasteiger partial charge is 0.359 e. The fourth-order valence-corrected chi connectivity index (χ4v) is 2.97. The van der Waals surface area contributed by atoms with Gasteiger partial charge in [0.15, 0.2) is 6.29 Å². The quantitative estimate of drug-likeness (QED) is 0.266. The number of carbonyl (C=O) groups excluding carboxylic acids is 2. The van der Waals surface area contributed by atoms with Gasteiger partial charge in [-0.1, -0.05) is 56.5 Å². The number of rotatable bonds is 9. The first-order chi connectivity index (χ1) is 17.7. The van der Waals surface area contributed by atoms with E-state index in [1.165, 1.54) is 31.2 Å². The Morgan fingerprint density at radius 1 is 0.973 bits per heavy atom. The molecule has 0 bridgehead atoms. The van der Waals surface area contributed by atoms with Crippen molar-refractivity contribution < 1.29 is 23.5 Å². The van der Waals surface area contributed by atoms with E-state index in [0.717, 1.165) is 25.4 Å². The van der Waals surface area contributed by atoms with Gasteiger partial charge in [0.25, 0.3) is 5.91 Å². The number of Topliss-reactive ketones (excluding diaryl/α,β-unsaturated/α-hetero) is 1. The van der Waals surface area contributed by atoms with Gasteiger partial charge in [-0.3, -0.25) is 9.59 Å². The van der Waals surface area contributed by atoms with Gasteiger partial charge in [-0.2, -0.15) is 0 Å². The van der Waals surface area contributed by atoms with Gasteiger partial charge in [0.05, 0.1) is 5.70 Å². The van der Waals surface area contributed by atoms with Crippen molar-refractivity contribution in [3.63, 3.8) is 0 Å². The van der Waals surface area contributed by atoms with Crippen LogP contribution in [0.2, 0.25) is 5.02 Å². The number of hydrogen-bond acceptors (Lipinski definition) is 5. The first-order valence-corrected chi connectivity index (χ1v) is 12.8. The standard InChI is InChI=1S/C19H14ClFN2O2.C6H14O2.C4H10/c20-14-8-6-13(7-9-14)17(24)16-12-19(21,10-11-22-16)18(25)23-15-4-2-1-3-5-15;1-4-7-6(3)8-5-2;1-3-4-2/h1-12,22H,(H,23,25);6H,4-5H2,1-3H3;3-4H2,1-2H3. The summed E-state index contributed by atoms with van der Waals surface area (Å²) < 4.78 is 25.2. The van der Waals surface area contributed by atoms with Crippen molar-refractivity contribution in [2.45, 2.75) is 59.4 Å². The molecule has 2 aromatic rings. The number of ether oxygens (including phenoxy) is 2. The van der Waals surface area contributed by atoms with Crippen LogP contribution in [0.4, 0.5) is 10.1 Å². The smallest absolute Gasteiger partial charge is 0.270 e. The molecule has 0 saturated heterocycles. The van der Waals surface area contributed by atoms with Crippen LogP contribution in [0.15, 0.2) is 78.6 Å². The van der Waals surface area contributed by atoms with Crippen LogP contribution in [0.25, 0.3) is 0 Å². The third-order valence-corrected chi connectivity index (χ3v) is 5.20. The van der Waals surface area contributed by atoms with Gasteiger partial charge in [-0.25, -0.2) is 4.39 Å². The fraction of sp³-hybridized carbons (Fsp3) is 0.379. The first-order valence-electron chi connectivity index (χ1n) is 12.5. The van der Waals surface area contributed by atoms with E-state index >= 15 is 4.39 Å². The molecule has 1 amide bonds. The molecule has 2 aromatic carbocycles. The maximum absolute atomic E-state index is 15.1. The summed E-state index contributed by atoms with van der Waals surface area (Å²) in [5, 5.41) is 5.67. The molecular weight excluding hydrogens is 495 g/mol. The molecule has 1 aliphatic heterocycles. The summed E-state index contributed by atoms with van der Waals surface area (Å²) in [6, 6.07) is 14.7. The number of ketones is 1. The molecule has 1 atom stereocenters. The Hall–Kier alpha value is -3.00. The summed E-state index contributed by atoms with van der Waals surface area (Å²) in [5.74, 6) is -1.31. The first kappa shape index (κ1) is 32.0. The van der Waals surface area contributed by atoms with Crippen LogP contribution in [0, 0.1) is 0 Å². The van der Waals surface area contributed by atoms with Gasteiger partial charge < -0.3 is 20.1 Å². The van der Waals surface area contributed by atoms with Crippen LogP contribution in [-0.4, -0.2) is 36.9 Å². The van der Waals surface area contributed by atoms with E-state index < -0.39 is 17.4 Å². The third-order valence-electron chi connectivity index (χ3n) is 4.95. The fourth-order valence-electron chi connectivity index (χ4n) is 2.85. The maximum Gasteiger partial charge on any atom is 0.270 e. The summed E-state index contributed by atoms with van der Waals surface area (Å²) in [6.07, 6.45) is 5.88. The van der Waals surface area contributed by atoms with Gasteiger partial charge in [-0.15, -0.1) is 0 Å². The Balaban J connectivity index is 0.000000478. The number of dihydropyridines is 1. The Labute approximate surface area is 224 Å². The van der Waals surface area contributed by atoms with Crippen molar-refractivity contribution in [3.05, 3.63) is 89.2 Å². The number of unbranched alkanes of at least 4 members (excludes halogenated alkanes) is 1. The number of nitrogens with one attached hydrogen (secondary N) is 2. The predicted molar refractivity (Wildman–Crippen MR) is 148 cm³/mol. The normalized spacial score (nSPS) is 15.8. The summed E-state index contributed by atoms with van der Waals surface area (Å²) in [6.45, 7) is 11.6. The van der Waals surface area contributed by atoms with Crippen LogP contribution >= 0.6 is 11.6 Å². The van der Waals surface area contributed by atoms with Crippen molar-refractivity contribution in [1.82, 2.24) is 5.32 Å². The van der Waals surface area contributed by atoms with E-state index in [0.29, 0.717) is 16.3 Å². The van der Waals surface area contributed by atoms with E-state index in [1.54, 1.807) is 42.5 Å². The number of amides is 1. The Morgan fingerprint density at radius 3 is 2.05 bits per heavy atom. The lowest BCUT2D eigenvalue weighted by Crippen LogP contribution is -2.39. The second-order valence-corrected chi connectivity index (χ2v) is 8.37. The van der Waals surface area contributed by atoms with Crippen LogP contribution in [0.1, 0.15) is 57.8 Å². The molecule has 6 nitrogen and oxygen atoms in total. The van der Waals surface area contributed by atoms with Crippen LogP contribution in [0.5, 0.6) is 0 Å². The highest BCUT2D eigenvalue weighted by molar-refractivity contribution is 6.30. The lowest BCUT2D eigenvalue weighted by atomic mass is 9.97. The molecule has 1 heterocycles. The second-order valence-electron chi connectivity index (χ2n) is 7.94. The SMILES string of the molecule is CCCC.CCOC(C)OCC.O=C(C1=CC(F)(C(=O)Nc2ccccc2)C=CN1)c1ccc(Cl)cc1. The Bertz CT molecular complexity index is 1000. The molecule has 202 valence electrons. The number of halogens is 2. The predicted octanol–water partition coefficient (Wildman–Crippen LogP) is 7.08. The monoisotopic (exact) mass is 532 g/mol. The number of benzene rings is 2. The molecule has 1 unspecified atom stereocenters. The van der Waals surface area contributed by atoms with Gasteiger partial charge in [0.1, 0.15) is 0 Å². The highest BCUT2D eigenvalue weighted by atomic mass is 35.5. The van der Waals surface area contributed by atoms with Crippen LogP contribution in [0.3, 0.4) is 0 Å². The topological polar surface area (TPSA) is 76.7 Å². The van der Waals surface area contributed by atoms with Crippen molar-refractivity contribution in [1.29, 1.82) is 0 Å². The van der Waals surface area contributed by atoms with E-state index in [4.69, 9.17) is 21.1 Å². The molecule has 3 rings (SSSR count). The zero-order chi connectivity index (χ0) is 27.7. The average molecular weight is 533 g/mol. The zero-order valence-electron chi connectivity index (χ0n) is 22.2. The van der Waals surface area contributed by atoms with Gasteiger partial charge in [0.2, 0.25) is 11.5 Å². The lowest BCUT2D eigenvalue weighted by Gasteiger charge is -2.22. The van der Waals surface area contributed by atoms with Crippen molar-refractivity contribution in [2.75, 3.05) is 18.5 Å². The summed E-state index contributed by atoms with van der Waals surface area (Å²) in [4.78, 5) is 24.8. The second kappa shape index (κ2) is 17.5. The minimum absolute atomic E-state index is 0.0180. The molecular formula is C29H38ClFN2O4. The molecule has 0 aromatic heterocycles. The molecule has 8 heteroatoms. The molecule has 0 radical (unpaired) electrons. The number of allylic oxidation sites excluding steroid dienone is 1. The van der Waals surface area contributed by atoms with Crippen LogP contribution in [-0.2, 0) is 14.3 Å². The highest BCUT2D eigenvalue weighted by Crippen LogP contribution is 2.24. The molecule has 1 aliphatic rings. The van der Waals surface area contributed by atoms with Gasteiger partial charge in [-0.05, 0) is 69.3 Å². The minimum Gasteiger partial charge on any atom is -0.359 e. The summed E-state index contributed by atoms with van der Waals surface area (Å²) in [7, 11) is 0. The van der Waals surface area contributed by atoms with Crippen molar-refractivity contribution in [2.24, 2.45) is 0 Å². The number of anilines is 1. The molecule has 37 heavy (non-hydrogen) atoms. The van der Waals surface area contributed by atoms with E-state index in [9.17, 15) is 9.59 Å². The maximum atomic E-state index is 15.1. The lowest BCUT2D eigenvalue weighted by molar-refractivity contribution is -0.123. The molecule has 0 fully saturated rings. The number of hydrogen-bond donors (Lipinski definition) is 2. The zero-order valence-corrected chi connectivity index (χ0v) is 23.0. The van der Waals surface area contributed by atoms with E-state index in [-0.39, 0.29) is 12.0 Å². The Morgan fingerprint density at radius 2 is 1.54 bits per heavy atom. The van der Waals surface area contributed by atoms with E-state index in [1.807, 2.05) is 20.8 Å². The molecule has 0 saturated carbocycles. The highest BCUT2D eigenvalue weighted by Gasteiger charge is 2.37. The third kappa shape index (κ3) is 11.7. The molecule has 0 aliphatic carbocycles. The van der Waals surface area contributed by atoms with Gasteiger partial charge in [0, 0.05) is 35.7 Å². The summed E-state index contributed by atoms with van der Waals surface area (Å²) >= 11 is 5.80. The summed E-state index contributed by atoms with van der Waals surface area (Å²) in [5.41, 5.74) is -1.64. The number of para-hydroxylation sites is 1. The van der Waals surface area contributed by atoms with Gasteiger partial charge >= 0.3 is 0 Å². The molecule has 0 spiro atoms. The number of alkyl halides is 1. The van der Waals surface area contributed by atoms with E-state index in [2.05, 4.69) is 24.5 Å². The van der Waals surface area contributed by atoms with Crippen LogP contribution < -0.4 is 10.6 Å². The molecule has 2 N–H and O–H groups in total.